The summed E-state index contributed by atoms with van der Waals surface area (Å²) in [6.45, 7) is 3.51. The van der Waals surface area contributed by atoms with E-state index in [2.05, 4.69) is 15.3 Å². The molecule has 0 aliphatic carbocycles. The van der Waals surface area contributed by atoms with Crippen molar-refractivity contribution in [2.75, 3.05) is 0 Å². The molecule has 16 heteroatoms. The Morgan fingerprint density at radius 3 is 2.43 bits per heavy atom. The number of ketones is 1. The van der Waals surface area contributed by atoms with Crippen LogP contribution in [0, 0.1) is 11.8 Å². The van der Waals surface area contributed by atoms with E-state index in [-0.39, 0.29) is 29.7 Å². The van der Waals surface area contributed by atoms with Crippen molar-refractivity contribution in [3.8, 4) is 5.75 Å². The monoisotopic (exact) mass is 625 g/mol. The second-order valence-corrected chi connectivity index (χ2v) is 12.7. The lowest BCUT2D eigenvalue weighted by atomic mass is 9.89. The number of hydrogen-bond acceptors (Lipinski definition) is 9. The fourth-order valence-electron chi connectivity index (χ4n) is 4.32. The molecular formula is C26H26F3N5O6S2. The summed E-state index contributed by atoms with van der Waals surface area (Å²) in [6.07, 6.45) is -3.48. The molecule has 2 heterocycles. The number of rotatable bonds is 12. The molecule has 0 unspecified atom stereocenters. The van der Waals surface area contributed by atoms with Crippen molar-refractivity contribution in [3.05, 3.63) is 65.5 Å². The molecule has 2 atom stereocenters. The van der Waals surface area contributed by atoms with E-state index in [1.54, 1.807) is 32.0 Å². The van der Waals surface area contributed by atoms with Gasteiger partial charge in [-0.25, -0.2) is 23.2 Å². The Kier molecular flexibility index (Phi) is 8.98. The maximum Gasteiger partial charge on any atom is 0.416 e. The van der Waals surface area contributed by atoms with Crippen molar-refractivity contribution in [2.24, 2.45) is 17.0 Å². The molecule has 2 aromatic carbocycles. The van der Waals surface area contributed by atoms with Crippen LogP contribution in [0.3, 0.4) is 0 Å². The van der Waals surface area contributed by atoms with Crippen LogP contribution in [0.5, 0.6) is 5.75 Å². The van der Waals surface area contributed by atoms with E-state index in [4.69, 9.17) is 9.88 Å². The van der Waals surface area contributed by atoms with E-state index in [9.17, 15) is 36.3 Å². The molecule has 0 radical (unpaired) electrons. The van der Waals surface area contributed by atoms with Crippen LogP contribution in [0.25, 0.3) is 10.2 Å². The molecule has 4 aromatic rings. The summed E-state index contributed by atoms with van der Waals surface area (Å²) in [7, 11) is -3.94. The number of halogens is 3. The summed E-state index contributed by atoms with van der Waals surface area (Å²) in [5.41, 5.74) is 0.336. The predicted molar refractivity (Wildman–Crippen MR) is 145 cm³/mol. The van der Waals surface area contributed by atoms with Crippen LogP contribution in [0.1, 0.15) is 43.1 Å². The third-order valence-corrected chi connectivity index (χ3v) is 8.67. The third-order valence-electron chi connectivity index (χ3n) is 6.33. The van der Waals surface area contributed by atoms with Crippen molar-refractivity contribution < 1.29 is 41.0 Å². The Hall–Kier alpha value is -3.89. The standard InChI is InChI=1S/C26H26F3N5O6S2/c1-14(2)23(21(35)10-16(24(36)37)9-15-3-5-17(6-4-15)26(27,28)29)34-12-18(32-33-34)13-40-19-7-8-20-22(11-19)41-25(31-20)42(30,38)39/h3-8,11-12,14,16,23H,9-10,13H2,1-2H3,(H,36,37)(H2,30,38,39)/t16-,23-/m1/s1. The number of carboxylic acid groups (broad SMARTS) is 1. The highest BCUT2D eigenvalue weighted by Crippen LogP contribution is 2.31. The highest BCUT2D eigenvalue weighted by molar-refractivity contribution is 7.91. The van der Waals surface area contributed by atoms with Gasteiger partial charge in [-0.15, -0.1) is 16.4 Å². The van der Waals surface area contributed by atoms with Gasteiger partial charge in [0.15, 0.2) is 5.78 Å². The minimum atomic E-state index is -4.51. The van der Waals surface area contributed by atoms with Crippen LogP contribution in [-0.2, 0) is 38.8 Å². The summed E-state index contributed by atoms with van der Waals surface area (Å²) in [4.78, 5) is 29.2. The lowest BCUT2D eigenvalue weighted by molar-refractivity contribution is -0.144. The molecule has 0 fully saturated rings. The molecule has 42 heavy (non-hydrogen) atoms. The van der Waals surface area contributed by atoms with Crippen LogP contribution < -0.4 is 9.88 Å². The number of nitrogens with two attached hydrogens (primary N) is 1. The van der Waals surface area contributed by atoms with E-state index >= 15 is 0 Å². The van der Waals surface area contributed by atoms with E-state index in [1.165, 1.54) is 23.0 Å². The van der Waals surface area contributed by atoms with Crippen molar-refractivity contribution in [1.29, 1.82) is 0 Å². The SMILES string of the molecule is CC(C)[C@H](C(=O)C[C@@H](Cc1ccc(C(F)(F)F)cc1)C(=O)O)n1cc(COc2ccc3nc(S(N)(=O)=O)sc3c2)nn1. The molecule has 0 bridgehead atoms. The largest absolute Gasteiger partial charge is 0.487 e. The summed E-state index contributed by atoms with van der Waals surface area (Å²) in [5, 5.41) is 23.0. The highest BCUT2D eigenvalue weighted by atomic mass is 32.2. The van der Waals surface area contributed by atoms with E-state index in [1.807, 2.05) is 0 Å². The first-order valence-electron chi connectivity index (χ1n) is 12.5. The minimum Gasteiger partial charge on any atom is -0.487 e. The van der Waals surface area contributed by atoms with E-state index < -0.39 is 45.5 Å². The average molecular weight is 626 g/mol. The van der Waals surface area contributed by atoms with Crippen molar-refractivity contribution >= 4 is 43.3 Å². The number of carbonyl (C=O) groups is 2. The number of hydrogen-bond donors (Lipinski definition) is 2. The number of Topliss-reactive ketones (excluding diaryl/α,β-unsaturated/α-hetero) is 1. The first kappa shape index (κ1) is 31.1. The molecule has 2 aromatic heterocycles. The van der Waals surface area contributed by atoms with Crippen molar-refractivity contribution in [1.82, 2.24) is 20.0 Å². The maximum absolute atomic E-state index is 13.3. The third kappa shape index (κ3) is 7.49. The number of carboxylic acids is 1. The Morgan fingerprint density at radius 1 is 1.14 bits per heavy atom. The number of alkyl halides is 3. The summed E-state index contributed by atoms with van der Waals surface area (Å²) in [5.74, 6) is -2.69. The van der Waals surface area contributed by atoms with Crippen LogP contribution in [0.15, 0.2) is 53.0 Å². The number of aliphatic carboxylic acids is 1. The number of fused-ring (bicyclic) bond motifs is 1. The maximum atomic E-state index is 13.3. The van der Waals surface area contributed by atoms with Gasteiger partial charge in [-0.05, 0) is 48.2 Å². The second-order valence-electron chi connectivity index (χ2n) is 9.93. The molecular weight excluding hydrogens is 599 g/mol. The van der Waals surface area contributed by atoms with Crippen LogP contribution in [0.4, 0.5) is 13.2 Å². The van der Waals surface area contributed by atoms with Gasteiger partial charge in [-0.2, -0.15) is 13.2 Å². The van der Waals surface area contributed by atoms with Gasteiger partial charge in [-0.1, -0.05) is 31.2 Å². The zero-order chi connectivity index (χ0) is 30.8. The fraction of sp³-hybridized carbons (Fsp3) is 0.346. The van der Waals surface area contributed by atoms with Crippen LogP contribution in [-0.4, -0.2) is 45.3 Å². The summed E-state index contributed by atoms with van der Waals surface area (Å²) < 4.78 is 69.1. The molecule has 0 saturated heterocycles. The number of aromatic nitrogens is 4. The van der Waals surface area contributed by atoms with Crippen LogP contribution >= 0.6 is 11.3 Å². The van der Waals surface area contributed by atoms with Gasteiger partial charge in [0.2, 0.25) is 4.34 Å². The predicted octanol–water partition coefficient (Wildman–Crippen LogP) is 4.23. The van der Waals surface area contributed by atoms with Gasteiger partial charge >= 0.3 is 12.1 Å². The number of nitrogens with zero attached hydrogens (tertiary/aromatic N) is 4. The number of carbonyl (C=O) groups excluding carboxylic acids is 1. The Bertz CT molecular complexity index is 1700. The number of sulfonamides is 1. The molecule has 4 rings (SSSR count). The number of ether oxygens (including phenoxy) is 1. The number of thiazole rings is 1. The number of primary sulfonamides is 1. The van der Waals surface area contributed by atoms with E-state index in [0.29, 0.717) is 27.2 Å². The van der Waals surface area contributed by atoms with Crippen molar-refractivity contribution in [2.45, 2.75) is 49.9 Å². The lowest BCUT2D eigenvalue weighted by Gasteiger charge is -2.21. The van der Waals surface area contributed by atoms with Gasteiger partial charge in [0.1, 0.15) is 24.1 Å². The van der Waals surface area contributed by atoms with Crippen LogP contribution in [0.2, 0.25) is 0 Å². The highest BCUT2D eigenvalue weighted by Gasteiger charge is 2.32. The molecule has 0 aliphatic heterocycles. The van der Waals surface area contributed by atoms with Gasteiger partial charge in [0.25, 0.3) is 10.0 Å². The first-order chi connectivity index (χ1) is 19.6. The first-order valence-corrected chi connectivity index (χ1v) is 14.9. The van der Waals surface area contributed by atoms with Gasteiger partial charge in [0.05, 0.1) is 27.9 Å². The zero-order valence-corrected chi connectivity index (χ0v) is 23.9. The molecule has 3 N–H and O–H groups in total. The Labute approximate surface area is 242 Å². The fourth-order valence-corrected chi connectivity index (χ4v) is 6.00. The molecule has 0 aliphatic rings. The minimum absolute atomic E-state index is 0.0307. The van der Waals surface area contributed by atoms with Gasteiger partial charge < -0.3 is 9.84 Å². The summed E-state index contributed by atoms with van der Waals surface area (Å²) in [6, 6.07) is 8.12. The Balaban J connectivity index is 1.43. The quantitative estimate of drug-likeness (QED) is 0.234. The van der Waals surface area contributed by atoms with E-state index in [0.717, 1.165) is 23.5 Å². The molecule has 11 nitrogen and oxygen atoms in total. The normalized spacial score (nSPS) is 13.8. The second kappa shape index (κ2) is 12.1. The van der Waals surface area contributed by atoms with Crippen molar-refractivity contribution in [3.63, 3.8) is 0 Å². The Morgan fingerprint density at radius 2 is 1.83 bits per heavy atom. The van der Waals surface area contributed by atoms with Gasteiger partial charge in [-0.3, -0.25) is 9.59 Å². The molecule has 0 amide bonds. The number of benzene rings is 2. The topological polar surface area (TPSA) is 167 Å². The van der Waals surface area contributed by atoms with Gasteiger partial charge in [0, 0.05) is 6.42 Å². The zero-order valence-electron chi connectivity index (χ0n) is 22.3. The smallest absolute Gasteiger partial charge is 0.416 e. The molecule has 0 spiro atoms. The molecule has 224 valence electrons. The lowest BCUT2D eigenvalue weighted by Crippen LogP contribution is -2.29. The molecule has 0 saturated carbocycles. The average Bonchev–Trinajstić information content (AvgIpc) is 3.53. The summed E-state index contributed by atoms with van der Waals surface area (Å²) >= 11 is 0.902.